The summed E-state index contributed by atoms with van der Waals surface area (Å²) in [5, 5.41) is 0. The molecule has 0 aromatic heterocycles. The number of benzene rings is 3. The summed E-state index contributed by atoms with van der Waals surface area (Å²) in [6.07, 6.45) is 1.91. The second-order valence-corrected chi connectivity index (χ2v) is 5.32. The molecule has 104 valence electrons. The average molecular weight is 283 g/mol. The molecule has 0 unspecified atom stereocenters. The lowest BCUT2D eigenvalue weighted by atomic mass is 9.84. The zero-order chi connectivity index (χ0) is 14.8. The van der Waals surface area contributed by atoms with Gasteiger partial charge in [0, 0.05) is 6.21 Å². The molecule has 0 atom stereocenters. The van der Waals surface area contributed by atoms with E-state index in [-0.39, 0.29) is 0 Å². The fraction of sp³-hybridized carbons (Fsp3) is 0. The maximum absolute atomic E-state index is 5.94. The van der Waals surface area contributed by atoms with E-state index in [4.69, 9.17) is 4.74 Å². The number of rotatable bonds is 3. The van der Waals surface area contributed by atoms with Crippen molar-refractivity contribution in [2.45, 2.75) is 0 Å². The van der Waals surface area contributed by atoms with E-state index in [0.717, 1.165) is 18.9 Å². The molecule has 0 bridgehead atoms. The Labute approximate surface area is 130 Å². The van der Waals surface area contributed by atoms with Crippen molar-refractivity contribution < 1.29 is 4.74 Å². The Morgan fingerprint density at radius 2 is 1.45 bits per heavy atom. The van der Waals surface area contributed by atoms with E-state index in [1.54, 1.807) is 0 Å². The minimum Gasteiger partial charge on any atom is -0.457 e. The van der Waals surface area contributed by atoms with Crippen molar-refractivity contribution >= 4 is 19.1 Å². The summed E-state index contributed by atoms with van der Waals surface area (Å²) < 4.78 is 5.94. The van der Waals surface area contributed by atoms with Gasteiger partial charge in [-0.15, -0.1) is 0 Å². The van der Waals surface area contributed by atoms with Gasteiger partial charge in [-0.2, -0.15) is 0 Å². The zero-order valence-corrected chi connectivity index (χ0v) is 12.1. The van der Waals surface area contributed by atoms with Gasteiger partial charge in [0.15, 0.2) is 0 Å². The monoisotopic (exact) mass is 283 g/mol. The van der Waals surface area contributed by atoms with Gasteiger partial charge in [-0.3, -0.25) is 0 Å². The molecule has 0 aliphatic carbocycles. The van der Waals surface area contributed by atoms with Crippen LogP contribution >= 0.6 is 0 Å². The first kappa shape index (κ1) is 12.9. The van der Waals surface area contributed by atoms with Gasteiger partial charge in [-0.1, -0.05) is 48.5 Å². The predicted molar refractivity (Wildman–Crippen MR) is 92.8 cm³/mol. The first-order valence-corrected chi connectivity index (χ1v) is 7.34. The second-order valence-electron chi connectivity index (χ2n) is 5.32. The molecular formula is C19H14BNO. The highest BCUT2D eigenvalue weighted by molar-refractivity contribution is 6.57. The third-order valence-electron chi connectivity index (χ3n) is 3.80. The molecule has 2 nitrogen and oxygen atoms in total. The zero-order valence-electron chi connectivity index (χ0n) is 12.1. The third kappa shape index (κ3) is 2.53. The Morgan fingerprint density at radius 3 is 2.27 bits per heavy atom. The van der Waals surface area contributed by atoms with Crippen molar-refractivity contribution in [3.05, 3.63) is 78.4 Å². The molecule has 0 N–H and O–H groups in total. The highest BCUT2D eigenvalue weighted by Crippen LogP contribution is 2.25. The fourth-order valence-electron chi connectivity index (χ4n) is 2.63. The molecule has 0 saturated heterocycles. The Bertz CT molecular complexity index is 826. The van der Waals surface area contributed by atoms with E-state index >= 15 is 0 Å². The number of ether oxygens (including phenoxy) is 1. The SMILES string of the molecule is B1N=Cc2ccc(Oc3ccc(-c4ccccc4)cc3)cc21. The van der Waals surface area contributed by atoms with E-state index < -0.39 is 0 Å². The van der Waals surface area contributed by atoms with Gasteiger partial charge in [-0.25, -0.2) is 0 Å². The smallest absolute Gasteiger partial charge is 0.295 e. The number of hydrogen-bond acceptors (Lipinski definition) is 2. The Kier molecular flexibility index (Phi) is 3.24. The van der Waals surface area contributed by atoms with Crippen molar-refractivity contribution in [3.63, 3.8) is 0 Å². The summed E-state index contributed by atoms with van der Waals surface area (Å²) in [5.41, 5.74) is 4.81. The average Bonchev–Trinajstić information content (AvgIpc) is 3.04. The first-order chi connectivity index (χ1) is 10.9. The summed E-state index contributed by atoms with van der Waals surface area (Å²) >= 11 is 0. The standard InChI is InChI=1S/C19H14BNO/c1-2-4-14(5-3-1)15-6-9-17(10-7-15)22-18-11-8-16-13-21-20-19(16)12-18/h1-13,20H. The van der Waals surface area contributed by atoms with Gasteiger partial charge in [0.1, 0.15) is 11.5 Å². The van der Waals surface area contributed by atoms with Gasteiger partial charge in [0.2, 0.25) is 0 Å². The van der Waals surface area contributed by atoms with Crippen LogP contribution in [0, 0.1) is 0 Å². The summed E-state index contributed by atoms with van der Waals surface area (Å²) in [4.78, 5) is 4.26. The van der Waals surface area contributed by atoms with Crippen molar-refractivity contribution in [3.8, 4) is 22.6 Å². The molecule has 0 fully saturated rings. The van der Waals surface area contributed by atoms with Gasteiger partial charge in [0.05, 0.1) is 0 Å². The topological polar surface area (TPSA) is 21.6 Å². The Balaban J connectivity index is 1.54. The van der Waals surface area contributed by atoms with Crippen LogP contribution < -0.4 is 10.2 Å². The Morgan fingerprint density at radius 1 is 0.727 bits per heavy atom. The van der Waals surface area contributed by atoms with Crippen LogP contribution in [0.2, 0.25) is 0 Å². The maximum Gasteiger partial charge on any atom is 0.295 e. The molecule has 3 heteroatoms. The lowest BCUT2D eigenvalue weighted by Crippen LogP contribution is -2.11. The van der Waals surface area contributed by atoms with Gasteiger partial charge < -0.3 is 9.64 Å². The van der Waals surface area contributed by atoms with E-state index in [0.29, 0.717) is 0 Å². The summed E-state index contributed by atoms with van der Waals surface area (Å²) in [6.45, 7) is 0. The predicted octanol–water partition coefficient (Wildman–Crippen LogP) is 3.56. The minimum absolute atomic E-state index is 0.749. The van der Waals surface area contributed by atoms with Crippen molar-refractivity contribution in [2.24, 2.45) is 4.90 Å². The van der Waals surface area contributed by atoms with Crippen LogP contribution in [0.4, 0.5) is 0 Å². The molecule has 3 aromatic rings. The summed E-state index contributed by atoms with van der Waals surface area (Å²) in [5.74, 6) is 1.70. The number of nitrogens with zero attached hydrogens (tertiary/aromatic N) is 1. The third-order valence-corrected chi connectivity index (χ3v) is 3.80. The van der Waals surface area contributed by atoms with Crippen LogP contribution in [0.15, 0.2) is 77.7 Å². The lowest BCUT2D eigenvalue weighted by molar-refractivity contribution is 0.483. The van der Waals surface area contributed by atoms with E-state index in [1.807, 2.05) is 42.6 Å². The van der Waals surface area contributed by atoms with Gasteiger partial charge in [0.25, 0.3) is 7.41 Å². The van der Waals surface area contributed by atoms with Gasteiger partial charge in [-0.05, 0) is 46.4 Å². The summed E-state index contributed by atoms with van der Waals surface area (Å²) in [6, 6.07) is 24.6. The van der Waals surface area contributed by atoms with Crippen LogP contribution in [0.3, 0.4) is 0 Å². The molecule has 0 radical (unpaired) electrons. The Hall–Kier alpha value is -2.81. The minimum atomic E-state index is 0.749. The normalized spacial score (nSPS) is 11.8. The fourth-order valence-corrected chi connectivity index (χ4v) is 2.63. The van der Waals surface area contributed by atoms with Crippen LogP contribution in [0.5, 0.6) is 11.5 Å². The largest absolute Gasteiger partial charge is 0.457 e. The van der Waals surface area contributed by atoms with Crippen molar-refractivity contribution in [1.82, 2.24) is 0 Å². The molecule has 4 rings (SSSR count). The maximum atomic E-state index is 5.94. The van der Waals surface area contributed by atoms with Crippen molar-refractivity contribution in [2.75, 3.05) is 0 Å². The highest BCUT2D eigenvalue weighted by Gasteiger charge is 2.09. The molecule has 1 aliphatic heterocycles. The second kappa shape index (κ2) is 5.53. The van der Waals surface area contributed by atoms with Crippen LogP contribution in [-0.4, -0.2) is 13.6 Å². The molecular weight excluding hydrogens is 269 g/mol. The molecule has 0 amide bonds. The molecule has 1 aliphatic rings. The molecule has 22 heavy (non-hydrogen) atoms. The van der Waals surface area contributed by atoms with Crippen molar-refractivity contribution in [1.29, 1.82) is 0 Å². The molecule has 3 aromatic carbocycles. The van der Waals surface area contributed by atoms with Crippen LogP contribution in [0.1, 0.15) is 5.56 Å². The first-order valence-electron chi connectivity index (χ1n) is 7.34. The van der Waals surface area contributed by atoms with E-state index in [1.165, 1.54) is 22.2 Å². The quantitative estimate of drug-likeness (QED) is 0.673. The van der Waals surface area contributed by atoms with E-state index in [2.05, 4.69) is 41.3 Å². The molecule has 1 heterocycles. The van der Waals surface area contributed by atoms with Gasteiger partial charge >= 0.3 is 0 Å². The number of hydrogen-bond donors (Lipinski definition) is 0. The van der Waals surface area contributed by atoms with Crippen LogP contribution in [-0.2, 0) is 0 Å². The lowest BCUT2D eigenvalue weighted by Gasteiger charge is -2.08. The summed E-state index contributed by atoms with van der Waals surface area (Å²) in [7, 11) is 0.749. The molecule has 0 spiro atoms. The van der Waals surface area contributed by atoms with E-state index in [9.17, 15) is 0 Å². The highest BCUT2D eigenvalue weighted by atomic mass is 16.5. The number of fused-ring (bicyclic) bond motifs is 1. The molecule has 0 saturated carbocycles. The van der Waals surface area contributed by atoms with Crippen LogP contribution in [0.25, 0.3) is 11.1 Å².